The number of hydrogen-bond donors (Lipinski definition) is 1. The van der Waals surface area contributed by atoms with E-state index in [1.807, 2.05) is 49.4 Å². The van der Waals surface area contributed by atoms with Crippen molar-refractivity contribution >= 4 is 11.6 Å². The van der Waals surface area contributed by atoms with Gasteiger partial charge in [0.25, 0.3) is 5.91 Å². The van der Waals surface area contributed by atoms with Crippen molar-refractivity contribution in [3.05, 3.63) is 71.8 Å². The van der Waals surface area contributed by atoms with Crippen molar-refractivity contribution in [3.8, 4) is 23.0 Å². The lowest BCUT2D eigenvalue weighted by atomic mass is 9.85. The lowest BCUT2D eigenvalue weighted by Crippen LogP contribution is -2.38. The van der Waals surface area contributed by atoms with Gasteiger partial charge in [0.05, 0.1) is 6.54 Å². The van der Waals surface area contributed by atoms with Crippen molar-refractivity contribution in [1.29, 1.82) is 0 Å². The van der Waals surface area contributed by atoms with Crippen LogP contribution in [0.25, 0.3) is 17.0 Å². The van der Waals surface area contributed by atoms with Gasteiger partial charge < -0.3 is 14.8 Å². The van der Waals surface area contributed by atoms with Gasteiger partial charge in [-0.05, 0) is 37.0 Å². The smallest absolute Gasteiger partial charge is 0.260 e. The van der Waals surface area contributed by atoms with E-state index in [9.17, 15) is 4.79 Å². The van der Waals surface area contributed by atoms with Crippen LogP contribution < -0.4 is 14.8 Å². The molecule has 1 unspecified atom stereocenters. The molecule has 1 N–H and O–H groups in total. The van der Waals surface area contributed by atoms with E-state index < -0.39 is 6.10 Å². The van der Waals surface area contributed by atoms with Crippen LogP contribution in [-0.4, -0.2) is 45.0 Å². The summed E-state index contributed by atoms with van der Waals surface area (Å²) < 4.78 is 13.4. The molecular formula is C27H31N5O3. The number of nitrogens with one attached hydrogen (secondary N) is 1. The van der Waals surface area contributed by atoms with Crippen molar-refractivity contribution in [2.45, 2.75) is 46.1 Å². The molecule has 0 aliphatic rings. The molecule has 0 aliphatic carbocycles. The summed E-state index contributed by atoms with van der Waals surface area (Å²) in [5.74, 6) is 1.57. The number of hydrogen-bond acceptors (Lipinski definition) is 6. The Morgan fingerprint density at radius 2 is 1.83 bits per heavy atom. The molecule has 4 rings (SSSR count). The molecule has 0 aliphatic heterocycles. The molecule has 0 saturated heterocycles. The fourth-order valence-corrected chi connectivity index (χ4v) is 3.67. The highest BCUT2D eigenvalue weighted by molar-refractivity contribution is 5.80. The Kier molecular flexibility index (Phi) is 7.00. The Morgan fingerprint density at radius 3 is 2.57 bits per heavy atom. The number of carbonyl (C=O) groups is 1. The van der Waals surface area contributed by atoms with Crippen LogP contribution in [0.1, 0.15) is 38.8 Å². The second kappa shape index (κ2) is 10.1. The molecule has 8 nitrogen and oxygen atoms in total. The van der Waals surface area contributed by atoms with Crippen molar-refractivity contribution in [2.24, 2.45) is 0 Å². The molecule has 2 aromatic carbocycles. The predicted molar refractivity (Wildman–Crippen MR) is 135 cm³/mol. The molecule has 1 atom stereocenters. The van der Waals surface area contributed by atoms with Crippen LogP contribution in [0.5, 0.6) is 11.6 Å². The number of benzene rings is 2. The Morgan fingerprint density at radius 1 is 1.06 bits per heavy atom. The lowest BCUT2D eigenvalue weighted by molar-refractivity contribution is -0.127. The molecule has 2 heterocycles. The van der Waals surface area contributed by atoms with Crippen molar-refractivity contribution in [3.63, 3.8) is 0 Å². The van der Waals surface area contributed by atoms with Gasteiger partial charge in [0.2, 0.25) is 5.88 Å². The zero-order chi connectivity index (χ0) is 25.0. The SMILES string of the molecule is Cc1ccc(OC(C)C(=O)NCCOc2ccc3nnc(-c4ccccc4)n3n2)c(C(C)(C)C)c1. The molecule has 0 fully saturated rings. The molecule has 0 bridgehead atoms. The molecule has 35 heavy (non-hydrogen) atoms. The van der Waals surface area contributed by atoms with Gasteiger partial charge in [-0.2, -0.15) is 4.52 Å². The first-order valence-electron chi connectivity index (χ1n) is 11.7. The minimum Gasteiger partial charge on any atom is -0.481 e. The van der Waals surface area contributed by atoms with Crippen molar-refractivity contribution < 1.29 is 14.3 Å². The quantitative estimate of drug-likeness (QED) is 0.383. The number of carbonyl (C=O) groups excluding carboxylic acids is 1. The number of aromatic nitrogens is 4. The van der Waals surface area contributed by atoms with Crippen LogP contribution in [0, 0.1) is 6.92 Å². The fraction of sp³-hybridized carbons (Fsp3) is 0.333. The first-order valence-corrected chi connectivity index (χ1v) is 11.7. The third kappa shape index (κ3) is 5.77. The van der Waals surface area contributed by atoms with Gasteiger partial charge in [0.1, 0.15) is 12.4 Å². The lowest BCUT2D eigenvalue weighted by Gasteiger charge is -2.25. The van der Waals surface area contributed by atoms with Crippen LogP contribution in [0.2, 0.25) is 0 Å². The highest BCUT2D eigenvalue weighted by Gasteiger charge is 2.22. The topological polar surface area (TPSA) is 90.6 Å². The first kappa shape index (κ1) is 24.2. The Labute approximate surface area is 205 Å². The third-order valence-electron chi connectivity index (χ3n) is 5.54. The van der Waals surface area contributed by atoms with Gasteiger partial charge in [-0.15, -0.1) is 15.3 Å². The summed E-state index contributed by atoms with van der Waals surface area (Å²) >= 11 is 0. The molecule has 0 radical (unpaired) electrons. The van der Waals surface area contributed by atoms with Gasteiger partial charge >= 0.3 is 0 Å². The summed E-state index contributed by atoms with van der Waals surface area (Å²) in [5.41, 5.74) is 3.68. The zero-order valence-electron chi connectivity index (χ0n) is 20.8. The standard InChI is InChI=1S/C27H31N5O3/c1-18-11-12-22(21(17-18)27(3,4)5)35-19(2)26(33)28-15-16-34-24-14-13-23-29-30-25(32(23)31-24)20-9-7-6-8-10-20/h6-14,17,19H,15-16H2,1-5H3,(H,28,33). The summed E-state index contributed by atoms with van der Waals surface area (Å²) in [7, 11) is 0. The van der Waals surface area contributed by atoms with E-state index in [1.165, 1.54) is 0 Å². The van der Waals surface area contributed by atoms with Crippen LogP contribution in [-0.2, 0) is 10.2 Å². The average Bonchev–Trinajstić information content (AvgIpc) is 3.26. The summed E-state index contributed by atoms with van der Waals surface area (Å²) in [4.78, 5) is 12.6. The Bertz CT molecular complexity index is 1310. The highest BCUT2D eigenvalue weighted by Crippen LogP contribution is 2.32. The molecule has 182 valence electrons. The van der Waals surface area contributed by atoms with Crippen LogP contribution in [0.15, 0.2) is 60.7 Å². The molecule has 0 saturated carbocycles. The number of fused-ring (bicyclic) bond motifs is 1. The minimum atomic E-state index is -0.640. The zero-order valence-corrected chi connectivity index (χ0v) is 20.8. The second-order valence-electron chi connectivity index (χ2n) is 9.48. The summed E-state index contributed by atoms with van der Waals surface area (Å²) in [6.07, 6.45) is -0.640. The third-order valence-corrected chi connectivity index (χ3v) is 5.54. The largest absolute Gasteiger partial charge is 0.481 e. The maximum Gasteiger partial charge on any atom is 0.260 e. The number of amides is 1. The fourth-order valence-electron chi connectivity index (χ4n) is 3.67. The maximum absolute atomic E-state index is 12.6. The molecule has 4 aromatic rings. The average molecular weight is 474 g/mol. The molecule has 0 spiro atoms. The van der Waals surface area contributed by atoms with Crippen molar-refractivity contribution in [2.75, 3.05) is 13.2 Å². The van der Waals surface area contributed by atoms with E-state index >= 15 is 0 Å². The summed E-state index contributed by atoms with van der Waals surface area (Å²) in [5, 5.41) is 15.7. The van der Waals surface area contributed by atoms with Crippen LogP contribution in [0.4, 0.5) is 0 Å². The van der Waals surface area contributed by atoms with E-state index in [2.05, 4.69) is 47.5 Å². The van der Waals surface area contributed by atoms with Crippen LogP contribution >= 0.6 is 0 Å². The molecule has 8 heteroatoms. The van der Waals surface area contributed by atoms with Gasteiger partial charge in [-0.1, -0.05) is 68.8 Å². The van der Waals surface area contributed by atoms with Gasteiger partial charge in [0, 0.05) is 11.6 Å². The van der Waals surface area contributed by atoms with Gasteiger partial charge in [-0.25, -0.2) is 0 Å². The van der Waals surface area contributed by atoms with E-state index in [1.54, 1.807) is 23.6 Å². The second-order valence-corrected chi connectivity index (χ2v) is 9.48. The normalized spacial score (nSPS) is 12.4. The predicted octanol–water partition coefficient (Wildman–Crippen LogP) is 4.36. The number of rotatable bonds is 8. The Balaban J connectivity index is 1.32. The van der Waals surface area contributed by atoms with E-state index in [0.717, 1.165) is 22.4 Å². The van der Waals surface area contributed by atoms with E-state index in [0.29, 0.717) is 23.9 Å². The summed E-state index contributed by atoms with van der Waals surface area (Å²) in [6, 6.07) is 19.3. The van der Waals surface area contributed by atoms with Crippen LogP contribution in [0.3, 0.4) is 0 Å². The highest BCUT2D eigenvalue weighted by atomic mass is 16.5. The molecule has 2 aromatic heterocycles. The van der Waals surface area contributed by atoms with E-state index in [-0.39, 0.29) is 17.9 Å². The molecule has 1 amide bonds. The number of aryl methyl sites for hydroxylation is 1. The van der Waals surface area contributed by atoms with E-state index in [4.69, 9.17) is 9.47 Å². The maximum atomic E-state index is 12.6. The monoisotopic (exact) mass is 473 g/mol. The van der Waals surface area contributed by atoms with Crippen molar-refractivity contribution in [1.82, 2.24) is 25.1 Å². The molecular weight excluding hydrogens is 442 g/mol. The van der Waals surface area contributed by atoms with Gasteiger partial charge in [-0.3, -0.25) is 4.79 Å². The first-order chi connectivity index (χ1) is 16.7. The number of ether oxygens (including phenoxy) is 2. The minimum absolute atomic E-state index is 0.0926. The Hall–Kier alpha value is -3.94. The van der Waals surface area contributed by atoms with Gasteiger partial charge in [0.15, 0.2) is 17.6 Å². The summed E-state index contributed by atoms with van der Waals surface area (Å²) in [6.45, 7) is 10.8. The number of nitrogens with zero attached hydrogens (tertiary/aromatic N) is 4.